The maximum absolute atomic E-state index is 10.5. The Balaban J connectivity index is 2.53. The number of ether oxygens (including phenoxy) is 1. The average molecular weight is 287 g/mol. The lowest BCUT2D eigenvalue weighted by molar-refractivity contribution is -0.139. The zero-order valence-electron chi connectivity index (χ0n) is 10.9. The van der Waals surface area contributed by atoms with Crippen molar-refractivity contribution < 1.29 is 14.6 Å². The molecule has 0 saturated carbocycles. The van der Waals surface area contributed by atoms with Crippen molar-refractivity contribution in [2.24, 2.45) is 0 Å². The summed E-state index contributed by atoms with van der Waals surface area (Å²) in [5.74, 6) is -0.448. The molecule has 0 aliphatic rings. The van der Waals surface area contributed by atoms with Crippen LogP contribution in [0.5, 0.6) is 5.75 Å². The molecule has 19 heavy (non-hydrogen) atoms. The van der Waals surface area contributed by atoms with E-state index >= 15 is 0 Å². The molecule has 1 rings (SSSR count). The highest BCUT2D eigenvalue weighted by molar-refractivity contribution is 6.30. The number of carbonyl (C=O) groups is 1. The predicted molar refractivity (Wildman–Crippen MR) is 74.8 cm³/mol. The van der Waals surface area contributed by atoms with Gasteiger partial charge in [-0.1, -0.05) is 11.6 Å². The van der Waals surface area contributed by atoms with Gasteiger partial charge in [0, 0.05) is 17.1 Å². The summed E-state index contributed by atoms with van der Waals surface area (Å²) in [5, 5.41) is 15.6. The second-order valence-electron chi connectivity index (χ2n) is 4.07. The van der Waals surface area contributed by atoms with Crippen LogP contribution in [0.4, 0.5) is 0 Å². The topological polar surface area (TPSA) is 70.6 Å². The molecule has 106 valence electrons. The second-order valence-corrected chi connectivity index (χ2v) is 4.50. The highest BCUT2D eigenvalue weighted by Crippen LogP contribution is 2.22. The minimum Gasteiger partial charge on any atom is -0.482 e. The third-order valence-corrected chi connectivity index (χ3v) is 2.70. The van der Waals surface area contributed by atoms with E-state index < -0.39 is 5.97 Å². The van der Waals surface area contributed by atoms with Crippen LogP contribution < -0.4 is 15.4 Å². The molecule has 0 atom stereocenters. The molecule has 0 fully saturated rings. The van der Waals surface area contributed by atoms with Crippen LogP contribution in [0.25, 0.3) is 0 Å². The molecular weight excluding hydrogens is 268 g/mol. The van der Waals surface area contributed by atoms with E-state index in [-0.39, 0.29) is 6.61 Å². The highest BCUT2D eigenvalue weighted by atomic mass is 35.5. The Hall–Kier alpha value is -1.30. The van der Waals surface area contributed by atoms with Crippen LogP contribution in [0.1, 0.15) is 12.0 Å². The molecule has 0 saturated heterocycles. The molecule has 1 aromatic rings. The first-order chi connectivity index (χ1) is 9.13. The smallest absolute Gasteiger partial charge is 0.341 e. The van der Waals surface area contributed by atoms with Gasteiger partial charge >= 0.3 is 5.97 Å². The Morgan fingerprint density at radius 2 is 2.21 bits per heavy atom. The van der Waals surface area contributed by atoms with Crippen molar-refractivity contribution in [2.45, 2.75) is 13.0 Å². The number of nitrogens with one attached hydrogen (secondary N) is 2. The van der Waals surface area contributed by atoms with Gasteiger partial charge in [0.1, 0.15) is 5.75 Å². The molecule has 0 amide bonds. The summed E-state index contributed by atoms with van der Waals surface area (Å²) in [6.45, 7) is 2.06. The van der Waals surface area contributed by atoms with Crippen molar-refractivity contribution in [3.8, 4) is 5.75 Å². The van der Waals surface area contributed by atoms with Crippen molar-refractivity contribution in [3.05, 3.63) is 28.8 Å². The lowest BCUT2D eigenvalue weighted by Crippen LogP contribution is -2.20. The van der Waals surface area contributed by atoms with E-state index in [1.165, 1.54) is 0 Å². The number of aliphatic carboxylic acids is 1. The maximum atomic E-state index is 10.5. The third-order valence-electron chi connectivity index (χ3n) is 2.47. The first kappa shape index (κ1) is 15.8. The van der Waals surface area contributed by atoms with E-state index in [1.54, 1.807) is 18.2 Å². The molecule has 0 radical (unpaired) electrons. The quantitative estimate of drug-likeness (QED) is 0.600. The van der Waals surface area contributed by atoms with E-state index in [2.05, 4.69) is 10.6 Å². The van der Waals surface area contributed by atoms with Crippen LogP contribution >= 0.6 is 11.6 Å². The molecule has 0 unspecified atom stereocenters. The summed E-state index contributed by atoms with van der Waals surface area (Å²) in [5.41, 5.74) is 0.859. The van der Waals surface area contributed by atoms with Gasteiger partial charge in [0.2, 0.25) is 0 Å². The number of rotatable bonds is 9. The molecule has 0 aromatic heterocycles. The summed E-state index contributed by atoms with van der Waals surface area (Å²) >= 11 is 5.93. The lowest BCUT2D eigenvalue weighted by Gasteiger charge is -2.11. The lowest BCUT2D eigenvalue weighted by atomic mass is 10.2. The molecule has 0 aliphatic heterocycles. The van der Waals surface area contributed by atoms with Crippen molar-refractivity contribution in [3.63, 3.8) is 0 Å². The summed E-state index contributed by atoms with van der Waals surface area (Å²) in [6, 6.07) is 5.16. The molecule has 0 spiro atoms. The van der Waals surface area contributed by atoms with Crippen molar-refractivity contribution in [1.29, 1.82) is 0 Å². The standard InChI is InChI=1S/C13H19ClN2O3/c1-15-5-2-6-16-8-10-7-11(14)3-4-12(10)19-9-13(17)18/h3-4,7,15-16H,2,5-6,8-9H2,1H3,(H,17,18). The molecule has 0 bridgehead atoms. The highest BCUT2D eigenvalue weighted by Gasteiger charge is 2.06. The van der Waals surface area contributed by atoms with E-state index in [1.807, 2.05) is 7.05 Å². The second kappa shape index (κ2) is 8.74. The van der Waals surface area contributed by atoms with Gasteiger partial charge in [-0.3, -0.25) is 0 Å². The summed E-state index contributed by atoms with van der Waals surface area (Å²) in [4.78, 5) is 10.5. The third kappa shape index (κ3) is 6.42. The number of carboxylic acid groups (broad SMARTS) is 1. The number of benzene rings is 1. The summed E-state index contributed by atoms with van der Waals surface area (Å²) < 4.78 is 5.22. The van der Waals surface area contributed by atoms with Crippen LogP contribution in [0.3, 0.4) is 0 Å². The monoisotopic (exact) mass is 286 g/mol. The molecular formula is C13H19ClN2O3. The SMILES string of the molecule is CNCCCNCc1cc(Cl)ccc1OCC(=O)O. The van der Waals surface area contributed by atoms with Gasteiger partial charge in [-0.25, -0.2) is 4.79 Å². The normalized spacial score (nSPS) is 10.4. The number of halogens is 1. The summed E-state index contributed by atoms with van der Waals surface area (Å²) in [6.07, 6.45) is 1.02. The molecule has 6 heteroatoms. The number of hydrogen-bond acceptors (Lipinski definition) is 4. The Morgan fingerprint density at radius 1 is 1.42 bits per heavy atom. The van der Waals surface area contributed by atoms with Gasteiger partial charge in [0.05, 0.1) is 0 Å². The molecule has 0 aliphatic carbocycles. The fraction of sp³-hybridized carbons (Fsp3) is 0.462. The van der Waals surface area contributed by atoms with Crippen LogP contribution in [-0.2, 0) is 11.3 Å². The molecule has 3 N–H and O–H groups in total. The van der Waals surface area contributed by atoms with Crippen molar-refractivity contribution >= 4 is 17.6 Å². The zero-order valence-corrected chi connectivity index (χ0v) is 11.7. The number of carboxylic acids is 1. The van der Waals surface area contributed by atoms with E-state index in [0.29, 0.717) is 17.3 Å². The zero-order chi connectivity index (χ0) is 14.1. The minimum atomic E-state index is -0.997. The number of hydrogen-bond donors (Lipinski definition) is 3. The molecule has 0 heterocycles. The average Bonchev–Trinajstić information content (AvgIpc) is 2.37. The fourth-order valence-electron chi connectivity index (χ4n) is 1.58. The molecule has 1 aromatic carbocycles. The van der Waals surface area contributed by atoms with Gasteiger partial charge in [-0.05, 0) is 44.8 Å². The van der Waals surface area contributed by atoms with Crippen LogP contribution in [-0.4, -0.2) is 37.8 Å². The summed E-state index contributed by atoms with van der Waals surface area (Å²) in [7, 11) is 1.91. The Kier molecular flexibility index (Phi) is 7.25. The fourth-order valence-corrected chi connectivity index (χ4v) is 1.77. The van der Waals surface area contributed by atoms with Crippen LogP contribution in [0.2, 0.25) is 5.02 Å². The largest absolute Gasteiger partial charge is 0.482 e. The van der Waals surface area contributed by atoms with Crippen LogP contribution in [0.15, 0.2) is 18.2 Å². The Morgan fingerprint density at radius 3 is 2.89 bits per heavy atom. The van der Waals surface area contributed by atoms with Crippen LogP contribution in [0, 0.1) is 0 Å². The Bertz CT molecular complexity index is 413. The van der Waals surface area contributed by atoms with Gasteiger partial charge in [0.25, 0.3) is 0 Å². The van der Waals surface area contributed by atoms with Crippen molar-refractivity contribution in [1.82, 2.24) is 10.6 Å². The van der Waals surface area contributed by atoms with Crippen molar-refractivity contribution in [2.75, 3.05) is 26.7 Å². The van der Waals surface area contributed by atoms with E-state index in [0.717, 1.165) is 25.1 Å². The van der Waals surface area contributed by atoms with E-state index in [9.17, 15) is 4.79 Å². The van der Waals surface area contributed by atoms with Gasteiger partial charge in [-0.2, -0.15) is 0 Å². The van der Waals surface area contributed by atoms with E-state index in [4.69, 9.17) is 21.4 Å². The minimum absolute atomic E-state index is 0.353. The first-order valence-electron chi connectivity index (χ1n) is 6.12. The Labute approximate surface area is 117 Å². The van der Waals surface area contributed by atoms with Gasteiger partial charge in [0.15, 0.2) is 6.61 Å². The van der Waals surface area contributed by atoms with Gasteiger partial charge in [-0.15, -0.1) is 0 Å². The maximum Gasteiger partial charge on any atom is 0.341 e. The predicted octanol–water partition coefficient (Wildman–Crippen LogP) is 1.50. The first-order valence-corrected chi connectivity index (χ1v) is 6.49. The van der Waals surface area contributed by atoms with Gasteiger partial charge < -0.3 is 20.5 Å². The molecule has 5 nitrogen and oxygen atoms in total.